The van der Waals surface area contributed by atoms with E-state index >= 15 is 0 Å². The summed E-state index contributed by atoms with van der Waals surface area (Å²) in [4.78, 5) is 8.81. The van der Waals surface area contributed by atoms with Crippen LogP contribution in [-0.2, 0) is 4.79 Å². The van der Waals surface area contributed by atoms with Crippen LogP contribution in [0, 0.1) is 6.92 Å². The van der Waals surface area contributed by atoms with Gasteiger partial charge in [0.15, 0.2) is 0 Å². The molecule has 0 spiro atoms. The molecule has 0 saturated heterocycles. The van der Waals surface area contributed by atoms with Gasteiger partial charge >= 0.3 is 6.18 Å². The van der Waals surface area contributed by atoms with Gasteiger partial charge in [-0.25, -0.2) is 0 Å². The van der Waals surface area contributed by atoms with Crippen LogP contribution < -0.4 is 11.5 Å². The van der Waals surface area contributed by atoms with Gasteiger partial charge in [-0.1, -0.05) is 30.3 Å². The van der Waals surface area contributed by atoms with Gasteiger partial charge in [0.05, 0.1) is 11.4 Å². The van der Waals surface area contributed by atoms with Gasteiger partial charge < -0.3 is 31.6 Å². The highest BCUT2D eigenvalue weighted by atomic mass is 19.4. The van der Waals surface area contributed by atoms with Crippen molar-refractivity contribution in [1.29, 1.82) is 0 Å². The summed E-state index contributed by atoms with van der Waals surface area (Å²) in [5, 5.41) is 27.6. The summed E-state index contributed by atoms with van der Waals surface area (Å²) in [5.41, 5.74) is 11.3. The molecule has 6 nitrogen and oxygen atoms in total. The molecule has 0 aliphatic carbocycles. The molecule has 3 rings (SSSR count). The van der Waals surface area contributed by atoms with Crippen molar-refractivity contribution in [1.82, 2.24) is 0 Å². The number of hydrogen-bond acceptors (Lipinski definition) is 6. The molecule has 7 N–H and O–H groups in total. The molecule has 0 aliphatic heterocycles. The van der Waals surface area contributed by atoms with Crippen molar-refractivity contribution in [2.24, 2.45) is 0 Å². The van der Waals surface area contributed by atoms with Crippen molar-refractivity contribution in [3.05, 3.63) is 77.4 Å². The van der Waals surface area contributed by atoms with E-state index in [1.54, 1.807) is 24.3 Å². The molecule has 10 heteroatoms. The summed E-state index contributed by atoms with van der Waals surface area (Å²) in [6, 6.07) is 13.9. The molecule has 33 heavy (non-hydrogen) atoms. The molecule has 3 aromatic carbocycles. The molecule has 0 bridgehead atoms. The van der Waals surface area contributed by atoms with Crippen molar-refractivity contribution in [3.63, 3.8) is 0 Å². The Morgan fingerprint density at radius 1 is 0.818 bits per heavy atom. The number of carbonyl (C=O) groups excluding carboxylic acids is 1. The van der Waals surface area contributed by atoms with E-state index in [1.165, 1.54) is 38.1 Å². The van der Waals surface area contributed by atoms with Gasteiger partial charge in [-0.3, -0.25) is 4.70 Å². The number of anilines is 2. The number of carbonyl (C=O) groups is 1. The number of nitrogens with two attached hydrogens (primary N) is 2. The first-order valence-electron chi connectivity index (χ1n) is 9.30. The third kappa shape index (κ3) is 8.60. The minimum absolute atomic E-state index is 0. The van der Waals surface area contributed by atoms with E-state index in [2.05, 4.69) is 0 Å². The SMILES string of the molecule is CC=O.Cc1cc(C(c2ccc(O)c(N)c2)C(F)(F)F)ccc1O.F.Nc1ccccc1O. The lowest BCUT2D eigenvalue weighted by atomic mass is 9.89. The number of alkyl halides is 3. The van der Waals surface area contributed by atoms with Crippen molar-refractivity contribution in [2.75, 3.05) is 11.5 Å². The molecule has 0 amide bonds. The van der Waals surface area contributed by atoms with E-state index in [0.29, 0.717) is 11.3 Å². The molecule has 0 radical (unpaired) electrons. The Balaban J connectivity index is 0.000000710. The first kappa shape index (κ1) is 29.1. The number of nitrogen functional groups attached to an aromatic ring is 2. The van der Waals surface area contributed by atoms with Gasteiger partial charge in [0.1, 0.15) is 29.5 Å². The van der Waals surface area contributed by atoms with Gasteiger partial charge in [-0.15, -0.1) is 0 Å². The average Bonchev–Trinajstić information content (AvgIpc) is 2.70. The number of phenols is 3. The largest absolute Gasteiger partial charge is 0.508 e. The van der Waals surface area contributed by atoms with Gasteiger partial charge in [0.2, 0.25) is 0 Å². The second-order valence-corrected chi connectivity index (χ2v) is 6.63. The fourth-order valence-corrected chi connectivity index (χ4v) is 2.67. The summed E-state index contributed by atoms with van der Waals surface area (Å²) in [7, 11) is 0. The molecule has 0 heterocycles. The van der Waals surface area contributed by atoms with E-state index in [9.17, 15) is 23.4 Å². The molecule has 0 saturated carbocycles. The summed E-state index contributed by atoms with van der Waals surface area (Å²) in [6.45, 7) is 2.97. The molecule has 0 fully saturated rings. The number of halogens is 4. The lowest BCUT2D eigenvalue weighted by molar-refractivity contribution is -0.141. The topological polar surface area (TPSA) is 130 Å². The Hall–Kier alpha value is -3.95. The minimum atomic E-state index is -4.52. The van der Waals surface area contributed by atoms with E-state index in [0.717, 1.165) is 18.4 Å². The Kier molecular flexibility index (Phi) is 11.3. The molecule has 1 atom stereocenters. The maximum atomic E-state index is 13.4. The fourth-order valence-electron chi connectivity index (χ4n) is 2.67. The van der Waals surface area contributed by atoms with Crippen LogP contribution in [0.4, 0.5) is 29.3 Å². The highest BCUT2D eigenvalue weighted by Crippen LogP contribution is 2.42. The van der Waals surface area contributed by atoms with Crippen molar-refractivity contribution >= 4 is 17.7 Å². The third-order valence-electron chi connectivity index (χ3n) is 4.20. The Labute approximate surface area is 188 Å². The van der Waals surface area contributed by atoms with E-state index in [4.69, 9.17) is 21.4 Å². The Morgan fingerprint density at radius 3 is 1.67 bits per heavy atom. The van der Waals surface area contributed by atoms with E-state index in [1.807, 2.05) is 0 Å². The Bertz CT molecular complexity index is 971. The van der Waals surface area contributed by atoms with E-state index < -0.39 is 12.1 Å². The predicted molar refractivity (Wildman–Crippen MR) is 120 cm³/mol. The van der Waals surface area contributed by atoms with Crippen LogP contribution in [0.3, 0.4) is 0 Å². The quantitative estimate of drug-likeness (QED) is 0.155. The second-order valence-electron chi connectivity index (χ2n) is 6.63. The highest BCUT2D eigenvalue weighted by Gasteiger charge is 2.42. The number of para-hydroxylation sites is 2. The molecule has 1 unspecified atom stereocenters. The molecule has 180 valence electrons. The van der Waals surface area contributed by atoms with Gasteiger partial charge in [0, 0.05) is 0 Å². The van der Waals surface area contributed by atoms with Crippen LogP contribution in [0.1, 0.15) is 29.5 Å². The molecular weight excluding hydrogens is 444 g/mol. The van der Waals surface area contributed by atoms with Gasteiger partial charge in [-0.05, 0) is 60.9 Å². The summed E-state index contributed by atoms with van der Waals surface area (Å²) in [5.74, 6) is -2.06. The Morgan fingerprint density at radius 2 is 1.27 bits per heavy atom. The maximum Gasteiger partial charge on any atom is 0.399 e. The van der Waals surface area contributed by atoms with Gasteiger partial charge in [0.25, 0.3) is 0 Å². The number of aromatic hydroxyl groups is 3. The number of benzene rings is 3. The van der Waals surface area contributed by atoms with Crippen LogP contribution in [0.15, 0.2) is 60.7 Å². The number of rotatable bonds is 2. The number of phenolic OH excluding ortho intramolecular Hbond substituents is 3. The van der Waals surface area contributed by atoms with Crippen molar-refractivity contribution in [2.45, 2.75) is 25.9 Å². The zero-order chi connectivity index (χ0) is 24.5. The lowest BCUT2D eigenvalue weighted by Crippen LogP contribution is -2.22. The molecular formula is C23H26F4N2O4. The zero-order valence-corrected chi connectivity index (χ0v) is 17.9. The third-order valence-corrected chi connectivity index (χ3v) is 4.20. The summed E-state index contributed by atoms with van der Waals surface area (Å²) < 4.78 is 40.2. The predicted octanol–water partition coefficient (Wildman–Crippen LogP) is 5.01. The minimum Gasteiger partial charge on any atom is -0.508 e. The summed E-state index contributed by atoms with van der Waals surface area (Å²) in [6.07, 6.45) is -3.77. The standard InChI is InChI=1S/C15H14F3NO2.C6H7NO.C2H4O.FH/c1-8-6-9(2-4-12(8)20)14(15(16,17)18)10-3-5-13(21)11(19)7-10;7-5-3-1-2-4-6(5)8;1-2-3;/h2-7,14,20-21H,19H2,1H3;1-4,8H,7H2;2H,1H3;1H. The smallest absolute Gasteiger partial charge is 0.399 e. The zero-order valence-electron chi connectivity index (χ0n) is 17.9. The molecule has 0 aromatic heterocycles. The fraction of sp³-hybridized carbons (Fsp3) is 0.174. The maximum absolute atomic E-state index is 13.4. The normalized spacial score (nSPS) is 10.9. The molecule has 0 aliphatic rings. The van der Waals surface area contributed by atoms with E-state index in [-0.39, 0.29) is 38.8 Å². The second kappa shape index (κ2) is 12.8. The van der Waals surface area contributed by atoms with Crippen molar-refractivity contribution < 1.29 is 38.0 Å². The average molecular weight is 470 g/mol. The first-order chi connectivity index (χ1) is 14.9. The monoisotopic (exact) mass is 470 g/mol. The summed E-state index contributed by atoms with van der Waals surface area (Å²) >= 11 is 0. The van der Waals surface area contributed by atoms with Crippen LogP contribution in [0.2, 0.25) is 0 Å². The first-order valence-corrected chi connectivity index (χ1v) is 9.30. The molecule has 3 aromatic rings. The number of aldehydes is 1. The number of aryl methyl sites for hydroxylation is 1. The highest BCUT2D eigenvalue weighted by molar-refractivity contribution is 5.55. The van der Waals surface area contributed by atoms with Crippen LogP contribution in [0.5, 0.6) is 17.2 Å². The van der Waals surface area contributed by atoms with Gasteiger partial charge in [-0.2, -0.15) is 13.2 Å². The lowest BCUT2D eigenvalue weighted by Gasteiger charge is -2.22. The van der Waals surface area contributed by atoms with Crippen LogP contribution in [0.25, 0.3) is 0 Å². The van der Waals surface area contributed by atoms with Crippen molar-refractivity contribution in [3.8, 4) is 17.2 Å². The number of hydrogen-bond donors (Lipinski definition) is 5. The van der Waals surface area contributed by atoms with Crippen LogP contribution in [-0.4, -0.2) is 27.8 Å². The van der Waals surface area contributed by atoms with Crippen LogP contribution >= 0.6 is 0 Å².